The van der Waals surface area contributed by atoms with Crippen molar-refractivity contribution in [2.75, 3.05) is 13.2 Å². The van der Waals surface area contributed by atoms with E-state index >= 15 is 0 Å². The Balaban J connectivity index is 3.51. The second-order valence-electron chi connectivity index (χ2n) is 6.17. The van der Waals surface area contributed by atoms with Gasteiger partial charge < -0.3 is 8.85 Å². The van der Waals surface area contributed by atoms with Gasteiger partial charge in [0.1, 0.15) is 0 Å². The predicted molar refractivity (Wildman–Crippen MR) is 77.5 cm³/mol. The molecule has 0 unspecified atom stereocenters. The lowest BCUT2D eigenvalue weighted by molar-refractivity contribution is 0.170. The third-order valence-corrected chi connectivity index (χ3v) is 4.55. The molecule has 3 heteroatoms. The lowest BCUT2D eigenvalue weighted by atomic mass is 10.1. The van der Waals surface area contributed by atoms with Gasteiger partial charge in [-0.15, -0.1) is 0 Å². The lowest BCUT2D eigenvalue weighted by Gasteiger charge is -2.23. The van der Waals surface area contributed by atoms with Gasteiger partial charge in [0.2, 0.25) is 0 Å². The van der Waals surface area contributed by atoms with Gasteiger partial charge >= 0.3 is 8.56 Å². The maximum atomic E-state index is 5.90. The van der Waals surface area contributed by atoms with Gasteiger partial charge in [-0.1, -0.05) is 27.7 Å². The van der Waals surface area contributed by atoms with Crippen molar-refractivity contribution in [3.05, 3.63) is 0 Å². The Bertz CT molecular complexity index is 161. The van der Waals surface area contributed by atoms with Gasteiger partial charge in [0.15, 0.2) is 0 Å². The van der Waals surface area contributed by atoms with Crippen molar-refractivity contribution in [1.82, 2.24) is 0 Å². The minimum absolute atomic E-state index is 0.773. The summed E-state index contributed by atoms with van der Waals surface area (Å²) in [5, 5.41) is 0. The van der Waals surface area contributed by atoms with E-state index in [0.717, 1.165) is 37.9 Å². The predicted octanol–water partition coefficient (Wildman–Crippen LogP) is 4.59. The van der Waals surface area contributed by atoms with E-state index in [2.05, 4.69) is 40.8 Å². The lowest BCUT2D eigenvalue weighted by Crippen LogP contribution is -2.35. The van der Waals surface area contributed by atoms with Crippen LogP contribution < -0.4 is 0 Å². The molecule has 0 aromatic carbocycles. The minimum Gasteiger partial charge on any atom is -0.395 e. The summed E-state index contributed by atoms with van der Waals surface area (Å²) >= 11 is 0. The fraction of sp³-hybridized carbons (Fsp3) is 1.00. The van der Waals surface area contributed by atoms with Crippen molar-refractivity contribution in [3.8, 4) is 0 Å². The van der Waals surface area contributed by atoms with Gasteiger partial charge in [-0.3, -0.25) is 0 Å². The fourth-order valence-corrected chi connectivity index (χ4v) is 3.02. The van der Waals surface area contributed by atoms with Crippen molar-refractivity contribution in [1.29, 1.82) is 0 Å². The van der Waals surface area contributed by atoms with Crippen LogP contribution in [0.25, 0.3) is 0 Å². The van der Waals surface area contributed by atoms with Crippen LogP contribution in [0.2, 0.25) is 13.1 Å². The molecule has 0 rings (SSSR count). The van der Waals surface area contributed by atoms with Crippen LogP contribution in [-0.2, 0) is 8.85 Å². The average molecular weight is 260 g/mol. The summed E-state index contributed by atoms with van der Waals surface area (Å²) in [6, 6.07) is 0. The molecule has 0 bridgehead atoms. The molecule has 0 heterocycles. The van der Waals surface area contributed by atoms with Crippen molar-refractivity contribution in [2.24, 2.45) is 11.8 Å². The molecule has 0 N–H and O–H groups in total. The first-order valence-corrected chi connectivity index (χ1v) is 9.93. The highest BCUT2D eigenvalue weighted by molar-refractivity contribution is 6.64. The molecule has 0 aromatic heterocycles. The molecular weight excluding hydrogens is 228 g/mol. The molecule has 0 radical (unpaired) electrons. The van der Waals surface area contributed by atoms with Crippen molar-refractivity contribution >= 4 is 8.56 Å². The molecule has 0 aliphatic carbocycles. The van der Waals surface area contributed by atoms with Crippen LogP contribution in [0.3, 0.4) is 0 Å². The monoisotopic (exact) mass is 260 g/mol. The molecule has 0 amide bonds. The molecule has 0 fully saturated rings. The van der Waals surface area contributed by atoms with Gasteiger partial charge in [0.25, 0.3) is 0 Å². The normalized spacial score (nSPS) is 12.7. The molecule has 104 valence electrons. The molecule has 2 nitrogen and oxygen atoms in total. The van der Waals surface area contributed by atoms with Crippen LogP contribution in [0.1, 0.15) is 53.4 Å². The largest absolute Gasteiger partial charge is 0.395 e. The van der Waals surface area contributed by atoms with Crippen LogP contribution >= 0.6 is 0 Å². The topological polar surface area (TPSA) is 18.5 Å². The van der Waals surface area contributed by atoms with Crippen LogP contribution in [0.5, 0.6) is 0 Å². The first-order valence-electron chi connectivity index (χ1n) is 7.11. The van der Waals surface area contributed by atoms with E-state index in [9.17, 15) is 0 Å². The molecule has 0 aromatic rings. The Hall–Kier alpha value is 0.137. The van der Waals surface area contributed by atoms with Crippen molar-refractivity contribution in [3.63, 3.8) is 0 Å². The molecule has 17 heavy (non-hydrogen) atoms. The van der Waals surface area contributed by atoms with E-state index in [-0.39, 0.29) is 0 Å². The van der Waals surface area contributed by atoms with Crippen LogP contribution in [-0.4, -0.2) is 21.8 Å². The van der Waals surface area contributed by atoms with Gasteiger partial charge in [-0.05, 0) is 50.6 Å². The quantitative estimate of drug-likeness (QED) is 0.422. The minimum atomic E-state index is -1.85. The third kappa shape index (κ3) is 12.4. The van der Waals surface area contributed by atoms with Gasteiger partial charge in [0.05, 0.1) is 0 Å². The van der Waals surface area contributed by atoms with E-state index in [1.165, 1.54) is 12.8 Å². The highest BCUT2D eigenvalue weighted by atomic mass is 28.4. The molecular formula is C14H32O2Si. The molecule has 0 spiro atoms. The van der Waals surface area contributed by atoms with Crippen LogP contribution in [0, 0.1) is 11.8 Å². The number of hydrogen-bond donors (Lipinski definition) is 0. The highest BCUT2D eigenvalue weighted by Crippen LogP contribution is 2.12. The molecule has 0 atom stereocenters. The second-order valence-corrected chi connectivity index (χ2v) is 9.55. The van der Waals surface area contributed by atoms with Crippen LogP contribution in [0.15, 0.2) is 0 Å². The summed E-state index contributed by atoms with van der Waals surface area (Å²) in [5.41, 5.74) is 0. The zero-order valence-corrected chi connectivity index (χ0v) is 13.7. The van der Waals surface area contributed by atoms with Gasteiger partial charge in [-0.25, -0.2) is 0 Å². The number of hydrogen-bond acceptors (Lipinski definition) is 2. The van der Waals surface area contributed by atoms with Gasteiger partial charge in [-0.2, -0.15) is 0 Å². The zero-order valence-electron chi connectivity index (χ0n) is 12.7. The SMILES string of the molecule is CC(C)CCCO[Si](C)(C)OCCCC(C)C. The maximum Gasteiger partial charge on any atom is 0.331 e. The Morgan fingerprint density at radius 2 is 1.12 bits per heavy atom. The smallest absolute Gasteiger partial charge is 0.331 e. The van der Waals surface area contributed by atoms with E-state index in [1.54, 1.807) is 0 Å². The first kappa shape index (κ1) is 17.1. The Morgan fingerprint density at radius 1 is 0.765 bits per heavy atom. The average Bonchev–Trinajstić information content (AvgIpc) is 2.19. The van der Waals surface area contributed by atoms with Crippen LogP contribution in [0.4, 0.5) is 0 Å². The summed E-state index contributed by atoms with van der Waals surface area (Å²) in [5.74, 6) is 1.55. The van der Waals surface area contributed by atoms with Gasteiger partial charge in [0, 0.05) is 13.2 Å². The molecule has 0 saturated carbocycles. The highest BCUT2D eigenvalue weighted by Gasteiger charge is 2.23. The maximum absolute atomic E-state index is 5.90. The van der Waals surface area contributed by atoms with E-state index in [1.807, 2.05) is 0 Å². The summed E-state index contributed by atoms with van der Waals surface area (Å²) in [6.07, 6.45) is 4.81. The summed E-state index contributed by atoms with van der Waals surface area (Å²) in [7, 11) is -1.85. The standard InChI is InChI=1S/C14H32O2Si/c1-13(2)9-7-11-15-17(5,6)16-12-8-10-14(3)4/h13-14H,7-12H2,1-6H3. The first-order chi connectivity index (χ1) is 7.83. The molecule has 0 aliphatic heterocycles. The molecule has 0 aliphatic rings. The number of rotatable bonds is 10. The fourth-order valence-electron chi connectivity index (χ4n) is 1.66. The summed E-state index contributed by atoms with van der Waals surface area (Å²) < 4.78 is 11.8. The Kier molecular flexibility index (Phi) is 9.19. The summed E-state index contributed by atoms with van der Waals surface area (Å²) in [4.78, 5) is 0. The van der Waals surface area contributed by atoms with Crippen molar-refractivity contribution in [2.45, 2.75) is 66.5 Å². The Labute approximate surface area is 109 Å². The molecule has 0 saturated heterocycles. The van der Waals surface area contributed by atoms with E-state index < -0.39 is 8.56 Å². The summed E-state index contributed by atoms with van der Waals surface area (Å²) in [6.45, 7) is 15.0. The van der Waals surface area contributed by atoms with Crippen molar-refractivity contribution < 1.29 is 8.85 Å². The third-order valence-electron chi connectivity index (χ3n) is 2.75. The second kappa shape index (κ2) is 9.12. The van der Waals surface area contributed by atoms with E-state index in [4.69, 9.17) is 8.85 Å². The van der Waals surface area contributed by atoms with E-state index in [0.29, 0.717) is 0 Å². The Morgan fingerprint density at radius 3 is 1.41 bits per heavy atom. The zero-order chi connectivity index (χ0) is 13.3.